The minimum atomic E-state index is -1.02. The molecule has 2 heterocycles. The lowest BCUT2D eigenvalue weighted by Crippen LogP contribution is -2.08. The second kappa shape index (κ2) is 8.64. The van der Waals surface area contributed by atoms with Crippen LogP contribution in [0.25, 0.3) is 10.9 Å². The van der Waals surface area contributed by atoms with Gasteiger partial charge in [-0.15, -0.1) is 0 Å². The monoisotopic (exact) mass is 476 g/mol. The van der Waals surface area contributed by atoms with E-state index in [0.29, 0.717) is 27.7 Å². The number of halogens is 3. The molecule has 2 N–H and O–H groups in total. The molecule has 3 aromatic carbocycles. The van der Waals surface area contributed by atoms with Crippen LogP contribution in [0.15, 0.2) is 77.0 Å². The zero-order valence-corrected chi connectivity index (χ0v) is 18.1. The Morgan fingerprint density at radius 2 is 1.76 bits per heavy atom. The van der Waals surface area contributed by atoms with E-state index in [4.69, 9.17) is 16.7 Å². The number of fused-ring (bicyclic) bond motifs is 3. The Kier molecular flexibility index (Phi) is 5.51. The Balaban J connectivity index is 1.61. The fraction of sp³-hybridized carbons (Fsp3) is 0.0400. The molecule has 9 heteroatoms. The van der Waals surface area contributed by atoms with Crippen LogP contribution in [0.1, 0.15) is 33.0 Å². The highest BCUT2D eigenvalue weighted by Gasteiger charge is 2.25. The number of carbonyl (C=O) groups is 1. The largest absolute Gasteiger partial charge is 0.478 e. The van der Waals surface area contributed by atoms with Crippen LogP contribution in [0.2, 0.25) is 0 Å². The lowest BCUT2D eigenvalue weighted by atomic mass is 9.87. The predicted molar refractivity (Wildman–Crippen MR) is 126 cm³/mol. The average molecular weight is 477 g/mol. The molecule has 0 saturated carbocycles. The van der Waals surface area contributed by atoms with E-state index < -0.39 is 23.5 Å². The first-order valence-corrected chi connectivity index (χ1v) is 10.5. The Morgan fingerprint density at radius 1 is 1.03 bits per heavy atom. The molecule has 0 bridgehead atoms. The van der Waals surface area contributed by atoms with E-state index in [2.05, 4.69) is 20.3 Å². The summed E-state index contributed by atoms with van der Waals surface area (Å²) in [5.74, 6) is -2.95. The smallest absolute Gasteiger partial charge is 0.335 e. The van der Waals surface area contributed by atoms with Gasteiger partial charge in [0.25, 0.3) is 0 Å². The molecule has 1 aliphatic rings. The lowest BCUT2D eigenvalue weighted by Gasteiger charge is -2.18. The highest BCUT2D eigenvalue weighted by atomic mass is 35.5. The van der Waals surface area contributed by atoms with E-state index in [1.165, 1.54) is 42.6 Å². The Bertz CT molecular complexity index is 1480. The predicted octanol–water partition coefficient (Wildman–Crippen LogP) is 5.99. The van der Waals surface area contributed by atoms with E-state index in [1.807, 2.05) is 0 Å². The summed E-state index contributed by atoms with van der Waals surface area (Å²) in [6.07, 6.45) is 4.64. The van der Waals surface area contributed by atoms with E-state index in [9.17, 15) is 13.6 Å². The number of nitrogens with zero attached hydrogens (tertiary/aromatic N) is 3. The minimum absolute atomic E-state index is 0.0999. The van der Waals surface area contributed by atoms with Crippen LogP contribution in [-0.4, -0.2) is 27.3 Å². The molecule has 0 fully saturated rings. The number of aliphatic imine (C=N–C) groups is 1. The zero-order chi connectivity index (χ0) is 23.8. The fourth-order valence-corrected chi connectivity index (χ4v) is 4.05. The summed E-state index contributed by atoms with van der Waals surface area (Å²) in [5.41, 5.74) is 2.29. The van der Waals surface area contributed by atoms with Crippen molar-refractivity contribution in [2.75, 3.05) is 5.32 Å². The number of hydrogen-bond donors (Lipinski definition) is 2. The van der Waals surface area contributed by atoms with Crippen LogP contribution in [0.4, 0.5) is 20.4 Å². The molecule has 1 aliphatic heterocycles. The van der Waals surface area contributed by atoms with Gasteiger partial charge in [-0.25, -0.2) is 28.5 Å². The molecule has 5 rings (SSSR count). The second-order valence-corrected chi connectivity index (χ2v) is 7.96. The van der Waals surface area contributed by atoms with Crippen LogP contribution in [-0.2, 0) is 0 Å². The summed E-state index contributed by atoms with van der Waals surface area (Å²) in [6, 6.07) is 13.4. The van der Waals surface area contributed by atoms with Crippen LogP contribution >= 0.6 is 11.6 Å². The second-order valence-electron chi connectivity index (χ2n) is 7.57. The van der Waals surface area contributed by atoms with E-state index in [0.717, 1.165) is 0 Å². The van der Waals surface area contributed by atoms with Gasteiger partial charge in [0.05, 0.1) is 11.1 Å². The molecule has 4 aromatic rings. The summed E-state index contributed by atoms with van der Waals surface area (Å²) >= 11 is 6.22. The quantitative estimate of drug-likeness (QED) is 0.353. The van der Waals surface area contributed by atoms with Gasteiger partial charge in [0.2, 0.25) is 5.95 Å². The molecule has 6 nitrogen and oxygen atoms in total. The molecule has 0 radical (unpaired) electrons. The number of allylic oxidation sites excluding steroid dienone is 1. The average Bonchev–Trinajstić information content (AvgIpc) is 2.98. The van der Waals surface area contributed by atoms with Crippen molar-refractivity contribution in [3.63, 3.8) is 0 Å². The van der Waals surface area contributed by atoms with Crippen molar-refractivity contribution in [3.8, 4) is 0 Å². The summed E-state index contributed by atoms with van der Waals surface area (Å²) in [6.45, 7) is 0. The van der Waals surface area contributed by atoms with Crippen LogP contribution in [0.3, 0.4) is 0 Å². The molecule has 0 spiro atoms. The Hall–Kier alpha value is -4.17. The van der Waals surface area contributed by atoms with Crippen molar-refractivity contribution in [1.29, 1.82) is 0 Å². The van der Waals surface area contributed by atoms with Crippen molar-refractivity contribution in [3.05, 3.63) is 106 Å². The van der Waals surface area contributed by atoms with Crippen molar-refractivity contribution in [1.82, 2.24) is 9.97 Å². The topological polar surface area (TPSA) is 87.5 Å². The van der Waals surface area contributed by atoms with Crippen LogP contribution < -0.4 is 5.32 Å². The number of nitrogens with one attached hydrogen (secondary N) is 1. The fourth-order valence-electron chi connectivity index (χ4n) is 3.87. The third-order valence-electron chi connectivity index (χ3n) is 5.48. The number of anilines is 2. The molecule has 1 aromatic heterocycles. The molecule has 1 unspecified atom stereocenters. The molecule has 168 valence electrons. The van der Waals surface area contributed by atoms with Gasteiger partial charge in [0.1, 0.15) is 16.8 Å². The van der Waals surface area contributed by atoms with Crippen LogP contribution in [0.5, 0.6) is 0 Å². The highest BCUT2D eigenvalue weighted by molar-refractivity contribution is 6.30. The van der Waals surface area contributed by atoms with Gasteiger partial charge in [-0.3, -0.25) is 0 Å². The van der Waals surface area contributed by atoms with Crippen molar-refractivity contribution >= 4 is 46.3 Å². The number of rotatable bonds is 4. The van der Waals surface area contributed by atoms with E-state index >= 15 is 0 Å². The Labute approximate surface area is 197 Å². The number of carboxylic acid groups (broad SMARTS) is 1. The third-order valence-corrected chi connectivity index (χ3v) is 5.70. The summed E-state index contributed by atoms with van der Waals surface area (Å²) < 4.78 is 29.3. The molecule has 0 aliphatic carbocycles. The van der Waals surface area contributed by atoms with Gasteiger partial charge in [0.15, 0.2) is 0 Å². The first-order valence-electron chi connectivity index (χ1n) is 10.2. The SMILES string of the molecule is O=C(O)c1ccc(Nc2ncc3ccc4c(c3n2)C=NC(Cl)=CC4c2c(F)cccc2F)cc1. The number of aromatic nitrogens is 2. The van der Waals surface area contributed by atoms with Gasteiger partial charge in [0, 0.05) is 40.5 Å². The highest BCUT2D eigenvalue weighted by Crippen LogP contribution is 2.37. The van der Waals surface area contributed by atoms with Gasteiger partial charge < -0.3 is 10.4 Å². The number of carboxylic acids is 1. The normalized spacial score (nSPS) is 14.9. The number of hydrogen-bond acceptors (Lipinski definition) is 5. The maximum atomic E-state index is 14.7. The van der Waals surface area contributed by atoms with Gasteiger partial charge in [-0.05, 0) is 48.0 Å². The maximum absolute atomic E-state index is 14.7. The molecular weight excluding hydrogens is 462 g/mol. The number of aromatic carboxylic acids is 1. The zero-order valence-electron chi connectivity index (χ0n) is 17.3. The molecular formula is C25H15ClF2N4O2. The lowest BCUT2D eigenvalue weighted by molar-refractivity contribution is 0.0697. The summed E-state index contributed by atoms with van der Waals surface area (Å²) in [5, 5.41) is 12.9. The van der Waals surface area contributed by atoms with Crippen molar-refractivity contribution in [2.45, 2.75) is 5.92 Å². The third kappa shape index (κ3) is 3.99. The summed E-state index contributed by atoms with van der Waals surface area (Å²) in [7, 11) is 0. The van der Waals surface area contributed by atoms with Crippen molar-refractivity contribution in [2.24, 2.45) is 4.99 Å². The van der Waals surface area contributed by atoms with Gasteiger partial charge in [-0.2, -0.15) is 0 Å². The maximum Gasteiger partial charge on any atom is 0.335 e. The Morgan fingerprint density at radius 3 is 2.47 bits per heavy atom. The van der Waals surface area contributed by atoms with Gasteiger partial charge >= 0.3 is 5.97 Å². The molecule has 0 saturated heterocycles. The van der Waals surface area contributed by atoms with Crippen molar-refractivity contribution < 1.29 is 18.7 Å². The standard InChI is InChI=1S/C25H15ClF2N4O2/c26-21-10-17(22-19(27)2-1-3-20(22)28)16-9-6-14-11-30-25(32-23(14)18(16)12-29-21)31-15-7-4-13(5-8-15)24(33)34/h1-12,17H,(H,33,34)(H,30,31,32). The molecule has 34 heavy (non-hydrogen) atoms. The van der Waals surface area contributed by atoms with Crippen LogP contribution in [0, 0.1) is 11.6 Å². The minimum Gasteiger partial charge on any atom is -0.478 e. The molecule has 1 atom stereocenters. The first kappa shape index (κ1) is 21.7. The summed E-state index contributed by atoms with van der Waals surface area (Å²) in [4.78, 5) is 24.2. The number of benzene rings is 3. The molecule has 0 amide bonds. The first-order chi connectivity index (χ1) is 16.4. The van der Waals surface area contributed by atoms with E-state index in [-0.39, 0.29) is 22.2 Å². The van der Waals surface area contributed by atoms with Gasteiger partial charge in [-0.1, -0.05) is 29.8 Å². The van der Waals surface area contributed by atoms with E-state index in [1.54, 1.807) is 30.5 Å².